The van der Waals surface area contributed by atoms with E-state index >= 15 is 0 Å². The average Bonchev–Trinajstić information content (AvgIpc) is 2.59. The monoisotopic (exact) mass is 329 g/mol. The number of nitrogens with one attached hydrogen (secondary N) is 1. The lowest BCUT2D eigenvalue weighted by atomic mass is 10.2. The number of hydrogen-bond acceptors (Lipinski definition) is 8. The highest BCUT2D eigenvalue weighted by Gasteiger charge is 2.17. The summed E-state index contributed by atoms with van der Waals surface area (Å²) in [6, 6.07) is 9.73. The van der Waals surface area contributed by atoms with Gasteiger partial charge in [0.2, 0.25) is 5.95 Å². The van der Waals surface area contributed by atoms with Gasteiger partial charge in [-0.2, -0.15) is 9.97 Å². The Kier molecular flexibility index (Phi) is 5.67. The molecular weight excluding hydrogens is 310 g/mol. The Bertz CT molecular complexity index is 721. The van der Waals surface area contributed by atoms with Gasteiger partial charge in [0, 0.05) is 13.6 Å². The molecule has 2 aromatic rings. The summed E-state index contributed by atoms with van der Waals surface area (Å²) in [4.78, 5) is 32.7. The van der Waals surface area contributed by atoms with Gasteiger partial charge in [0.05, 0.1) is 12.7 Å². The van der Waals surface area contributed by atoms with Crippen LogP contribution in [0, 0.1) is 0 Å². The van der Waals surface area contributed by atoms with Gasteiger partial charge in [-0.25, -0.2) is 0 Å². The van der Waals surface area contributed by atoms with E-state index in [4.69, 9.17) is 5.73 Å². The van der Waals surface area contributed by atoms with Crippen LogP contribution >= 0.6 is 0 Å². The van der Waals surface area contributed by atoms with Crippen LogP contribution in [0.1, 0.15) is 15.9 Å². The maximum Gasteiger partial charge on any atom is 0.325 e. The lowest BCUT2D eigenvalue weighted by Crippen LogP contribution is -2.23. The van der Waals surface area contributed by atoms with E-state index in [0.29, 0.717) is 18.6 Å². The van der Waals surface area contributed by atoms with Crippen LogP contribution < -0.4 is 16.0 Å². The minimum Gasteiger partial charge on any atom is -0.468 e. The van der Waals surface area contributed by atoms with E-state index in [2.05, 4.69) is 20.0 Å². The number of carbonyl (C=O) groups is 2. The molecule has 1 aromatic heterocycles. The molecule has 3 N–H and O–H groups in total. The first-order chi connectivity index (χ1) is 11.5. The minimum atomic E-state index is -0.483. The van der Waals surface area contributed by atoms with Crippen LogP contribution in [0.3, 0.4) is 0 Å². The average molecular weight is 329 g/mol. The number of aromatic nitrogens is 2. The number of nitrogen functional groups attached to an aromatic ring is 1. The molecule has 0 saturated carbocycles. The number of hydrogen-bond donors (Lipinski definition) is 2. The molecule has 0 aliphatic rings. The Morgan fingerprint density at radius 2 is 2.04 bits per heavy atom. The van der Waals surface area contributed by atoms with Crippen molar-refractivity contribution in [1.82, 2.24) is 9.97 Å². The van der Waals surface area contributed by atoms with Crippen LogP contribution in [0.2, 0.25) is 0 Å². The molecule has 0 amide bonds. The fourth-order valence-electron chi connectivity index (χ4n) is 2.17. The molecule has 0 atom stereocenters. The predicted molar refractivity (Wildman–Crippen MR) is 90.9 cm³/mol. The number of anilines is 3. The van der Waals surface area contributed by atoms with Crippen LogP contribution in [-0.4, -0.2) is 42.9 Å². The molecule has 0 fully saturated rings. The fraction of sp³-hybridized carbons (Fsp3) is 0.250. The van der Waals surface area contributed by atoms with Gasteiger partial charge in [-0.3, -0.25) is 9.59 Å². The molecule has 126 valence electrons. The summed E-state index contributed by atoms with van der Waals surface area (Å²) < 4.78 is 4.56. The molecule has 0 unspecified atom stereocenters. The molecule has 1 aromatic carbocycles. The summed E-state index contributed by atoms with van der Waals surface area (Å²) in [7, 11) is 3.07. The van der Waals surface area contributed by atoms with Crippen molar-refractivity contribution < 1.29 is 14.3 Å². The second-order valence-electron chi connectivity index (χ2n) is 5.06. The third kappa shape index (κ3) is 4.19. The van der Waals surface area contributed by atoms with Crippen LogP contribution in [0.25, 0.3) is 0 Å². The third-order valence-corrected chi connectivity index (χ3v) is 3.31. The Hall–Kier alpha value is -3.16. The van der Waals surface area contributed by atoms with E-state index in [1.54, 1.807) is 11.9 Å². The molecule has 8 nitrogen and oxygen atoms in total. The number of ether oxygens (including phenoxy) is 1. The number of esters is 1. The van der Waals surface area contributed by atoms with Gasteiger partial charge in [0.1, 0.15) is 18.2 Å². The van der Waals surface area contributed by atoms with E-state index in [-0.39, 0.29) is 23.9 Å². The largest absolute Gasteiger partial charge is 0.468 e. The number of rotatable bonds is 7. The quantitative estimate of drug-likeness (QED) is 0.574. The van der Waals surface area contributed by atoms with Gasteiger partial charge >= 0.3 is 5.97 Å². The number of methoxy groups -OCH3 is 1. The number of aldehydes is 1. The van der Waals surface area contributed by atoms with Gasteiger partial charge in [-0.15, -0.1) is 0 Å². The molecule has 2 rings (SSSR count). The molecule has 0 radical (unpaired) electrons. The van der Waals surface area contributed by atoms with Gasteiger partial charge in [-0.05, 0) is 5.56 Å². The Morgan fingerprint density at radius 3 is 2.67 bits per heavy atom. The minimum absolute atomic E-state index is 0.00266. The summed E-state index contributed by atoms with van der Waals surface area (Å²) in [6.45, 7) is 0.407. The zero-order valence-corrected chi connectivity index (χ0v) is 13.5. The third-order valence-electron chi connectivity index (χ3n) is 3.31. The highest BCUT2D eigenvalue weighted by Crippen LogP contribution is 2.24. The predicted octanol–water partition coefficient (Wildman–Crippen LogP) is 1.09. The number of benzene rings is 1. The van der Waals surface area contributed by atoms with Crippen molar-refractivity contribution in [2.45, 2.75) is 6.54 Å². The molecule has 1 heterocycles. The molecule has 0 aliphatic carbocycles. The Balaban J connectivity index is 2.29. The summed E-state index contributed by atoms with van der Waals surface area (Å²) in [6.07, 6.45) is 0.635. The Morgan fingerprint density at radius 1 is 1.33 bits per heavy atom. The maximum atomic E-state index is 11.5. The Labute approximate surface area is 139 Å². The van der Waals surface area contributed by atoms with E-state index in [1.807, 2.05) is 30.3 Å². The topological polar surface area (TPSA) is 110 Å². The molecule has 0 bridgehead atoms. The molecule has 8 heteroatoms. The highest BCUT2D eigenvalue weighted by atomic mass is 16.5. The SMILES string of the molecule is COC(=O)CNc1nc(N)nc(N(C)Cc2ccccc2)c1C=O. The molecule has 0 aliphatic heterocycles. The van der Waals surface area contributed by atoms with Gasteiger partial charge in [0.15, 0.2) is 6.29 Å². The maximum absolute atomic E-state index is 11.5. The van der Waals surface area contributed by atoms with Crippen molar-refractivity contribution in [3.63, 3.8) is 0 Å². The summed E-state index contributed by atoms with van der Waals surface area (Å²) in [5.41, 5.74) is 7.01. The molecule has 0 saturated heterocycles. The van der Waals surface area contributed by atoms with Crippen molar-refractivity contribution in [2.75, 3.05) is 36.7 Å². The van der Waals surface area contributed by atoms with Crippen LogP contribution in [0.15, 0.2) is 30.3 Å². The summed E-state index contributed by atoms with van der Waals surface area (Å²) in [5, 5.41) is 2.75. The second kappa shape index (κ2) is 7.91. The number of carbonyl (C=O) groups excluding carboxylic acids is 2. The summed E-state index contributed by atoms with van der Waals surface area (Å²) in [5.74, 6) is 0.0950. The second-order valence-corrected chi connectivity index (χ2v) is 5.06. The first kappa shape index (κ1) is 17.2. The molecule has 0 spiro atoms. The highest BCUT2D eigenvalue weighted by molar-refractivity contribution is 5.91. The van der Waals surface area contributed by atoms with E-state index in [9.17, 15) is 9.59 Å². The molecular formula is C16H19N5O3. The smallest absolute Gasteiger partial charge is 0.325 e. The normalized spacial score (nSPS) is 10.1. The zero-order chi connectivity index (χ0) is 17.5. The van der Waals surface area contributed by atoms with Gasteiger partial charge in [0.25, 0.3) is 0 Å². The van der Waals surface area contributed by atoms with Crippen molar-refractivity contribution in [3.05, 3.63) is 41.5 Å². The van der Waals surface area contributed by atoms with Crippen molar-refractivity contribution in [1.29, 1.82) is 0 Å². The van der Waals surface area contributed by atoms with E-state index in [1.165, 1.54) is 7.11 Å². The van der Waals surface area contributed by atoms with Crippen molar-refractivity contribution in [3.8, 4) is 0 Å². The van der Waals surface area contributed by atoms with E-state index in [0.717, 1.165) is 5.56 Å². The van der Waals surface area contributed by atoms with Crippen LogP contribution in [0.4, 0.5) is 17.6 Å². The lowest BCUT2D eigenvalue weighted by Gasteiger charge is -2.21. The van der Waals surface area contributed by atoms with Crippen molar-refractivity contribution >= 4 is 29.8 Å². The lowest BCUT2D eigenvalue weighted by molar-refractivity contribution is -0.138. The first-order valence-corrected chi connectivity index (χ1v) is 7.23. The van der Waals surface area contributed by atoms with Gasteiger partial charge < -0.3 is 20.7 Å². The number of nitrogens with zero attached hydrogens (tertiary/aromatic N) is 3. The van der Waals surface area contributed by atoms with Crippen LogP contribution in [0.5, 0.6) is 0 Å². The number of nitrogens with two attached hydrogens (primary N) is 1. The zero-order valence-electron chi connectivity index (χ0n) is 13.5. The first-order valence-electron chi connectivity index (χ1n) is 7.23. The van der Waals surface area contributed by atoms with E-state index < -0.39 is 5.97 Å². The van der Waals surface area contributed by atoms with Crippen molar-refractivity contribution in [2.24, 2.45) is 0 Å². The standard InChI is InChI=1S/C16H19N5O3/c1-21(9-11-6-4-3-5-7-11)15-12(10-22)14(19-16(17)20-15)18-8-13(23)24-2/h3-7,10H,8-9H2,1-2H3,(H3,17,18,19,20). The van der Waals surface area contributed by atoms with Crippen LogP contribution in [-0.2, 0) is 16.1 Å². The molecule has 24 heavy (non-hydrogen) atoms. The summed E-state index contributed by atoms with van der Waals surface area (Å²) >= 11 is 0. The fourth-order valence-corrected chi connectivity index (χ4v) is 2.17. The van der Waals surface area contributed by atoms with Gasteiger partial charge in [-0.1, -0.05) is 30.3 Å².